The fourth-order valence-corrected chi connectivity index (χ4v) is 1.98. The van der Waals surface area contributed by atoms with Crippen LogP contribution in [0.5, 0.6) is 11.5 Å². The molecule has 21 heavy (non-hydrogen) atoms. The van der Waals surface area contributed by atoms with Gasteiger partial charge in [-0.2, -0.15) is 0 Å². The lowest BCUT2D eigenvalue weighted by atomic mass is 10.2. The largest absolute Gasteiger partial charge is 0.497 e. The first-order valence-electron chi connectivity index (χ1n) is 6.45. The molecule has 3 N–H and O–H groups in total. The lowest BCUT2D eigenvalue weighted by Crippen LogP contribution is -2.28. The van der Waals surface area contributed by atoms with Crippen LogP contribution < -0.4 is 25.1 Å². The second-order valence-electron chi connectivity index (χ2n) is 4.29. The van der Waals surface area contributed by atoms with Gasteiger partial charge in [0, 0.05) is 24.2 Å². The number of anilines is 1. The minimum absolute atomic E-state index is 0.519. The van der Waals surface area contributed by atoms with Crippen LogP contribution in [0.2, 0.25) is 0 Å². The molecule has 110 valence electrons. The summed E-state index contributed by atoms with van der Waals surface area (Å²) in [5.41, 5.74) is 1.87. The SMILES string of the molecule is COc1ccc(OC)c(NC(=S)NCc2ccc[nH+]c2)c1. The number of pyridine rings is 1. The van der Waals surface area contributed by atoms with Crippen LogP contribution in [0.15, 0.2) is 42.7 Å². The third-order valence-electron chi connectivity index (χ3n) is 2.88. The summed E-state index contributed by atoms with van der Waals surface area (Å²) < 4.78 is 10.5. The number of hydrogen-bond donors (Lipinski definition) is 2. The second-order valence-corrected chi connectivity index (χ2v) is 4.69. The summed E-state index contributed by atoms with van der Waals surface area (Å²) in [6.45, 7) is 0.634. The first kappa shape index (κ1) is 15.1. The van der Waals surface area contributed by atoms with Crippen LogP contribution in [0.3, 0.4) is 0 Å². The average molecular weight is 304 g/mol. The highest BCUT2D eigenvalue weighted by Gasteiger charge is 2.07. The van der Waals surface area contributed by atoms with Gasteiger partial charge in [-0.05, 0) is 30.4 Å². The van der Waals surface area contributed by atoms with E-state index in [4.69, 9.17) is 21.7 Å². The maximum Gasteiger partial charge on any atom is 0.171 e. The Bertz CT molecular complexity index is 605. The van der Waals surface area contributed by atoms with Crippen molar-refractivity contribution in [2.45, 2.75) is 6.54 Å². The van der Waals surface area contributed by atoms with Gasteiger partial charge in [0.15, 0.2) is 17.5 Å². The minimum Gasteiger partial charge on any atom is -0.497 e. The fourth-order valence-electron chi connectivity index (χ4n) is 1.80. The van der Waals surface area contributed by atoms with E-state index in [9.17, 15) is 0 Å². The van der Waals surface area contributed by atoms with Gasteiger partial charge < -0.3 is 20.1 Å². The van der Waals surface area contributed by atoms with Crippen LogP contribution in [0, 0.1) is 0 Å². The maximum atomic E-state index is 5.30. The van der Waals surface area contributed by atoms with Gasteiger partial charge in [-0.3, -0.25) is 0 Å². The molecule has 1 aromatic carbocycles. The van der Waals surface area contributed by atoms with E-state index >= 15 is 0 Å². The number of benzene rings is 1. The van der Waals surface area contributed by atoms with Crippen molar-refractivity contribution in [3.8, 4) is 11.5 Å². The Morgan fingerprint density at radius 3 is 2.76 bits per heavy atom. The first-order valence-corrected chi connectivity index (χ1v) is 6.85. The molecule has 0 bridgehead atoms. The molecule has 0 amide bonds. The lowest BCUT2D eigenvalue weighted by molar-refractivity contribution is -0.378. The van der Waals surface area contributed by atoms with Gasteiger partial charge in [0.25, 0.3) is 0 Å². The Morgan fingerprint density at radius 1 is 1.24 bits per heavy atom. The van der Waals surface area contributed by atoms with Crippen LogP contribution >= 0.6 is 12.2 Å². The first-order chi connectivity index (χ1) is 10.2. The van der Waals surface area contributed by atoms with Gasteiger partial charge in [0.2, 0.25) is 0 Å². The van der Waals surface area contributed by atoms with E-state index in [1.54, 1.807) is 14.2 Å². The van der Waals surface area contributed by atoms with Crippen LogP contribution in [0.1, 0.15) is 5.56 Å². The van der Waals surface area contributed by atoms with Crippen molar-refractivity contribution < 1.29 is 14.5 Å². The Kier molecular flexibility index (Phi) is 5.34. The quantitative estimate of drug-likeness (QED) is 0.828. The minimum atomic E-state index is 0.519. The smallest absolute Gasteiger partial charge is 0.171 e. The highest BCUT2D eigenvalue weighted by atomic mass is 32.1. The Morgan fingerprint density at radius 2 is 2.10 bits per heavy atom. The molecule has 0 spiro atoms. The number of hydrogen-bond acceptors (Lipinski definition) is 3. The van der Waals surface area contributed by atoms with E-state index in [2.05, 4.69) is 15.6 Å². The Hall–Kier alpha value is -2.34. The predicted octanol–water partition coefficient (Wildman–Crippen LogP) is 2.00. The summed E-state index contributed by atoms with van der Waals surface area (Å²) in [5, 5.41) is 6.77. The van der Waals surface area contributed by atoms with Crippen molar-refractivity contribution in [2.24, 2.45) is 0 Å². The van der Waals surface area contributed by atoms with Crippen molar-refractivity contribution in [2.75, 3.05) is 19.5 Å². The summed E-state index contributed by atoms with van der Waals surface area (Å²) >= 11 is 5.29. The van der Waals surface area contributed by atoms with Gasteiger partial charge in [-0.1, -0.05) is 0 Å². The topological polar surface area (TPSA) is 56.7 Å². The van der Waals surface area contributed by atoms with Crippen molar-refractivity contribution >= 4 is 23.0 Å². The van der Waals surface area contributed by atoms with E-state index in [0.29, 0.717) is 17.4 Å². The predicted molar refractivity (Wildman–Crippen MR) is 85.6 cm³/mol. The van der Waals surface area contributed by atoms with Gasteiger partial charge in [-0.25, -0.2) is 4.98 Å². The number of ether oxygens (including phenoxy) is 2. The number of rotatable bonds is 5. The number of aromatic amines is 1. The normalized spacial score (nSPS) is 9.81. The molecule has 0 aliphatic heterocycles. The molecule has 0 radical (unpaired) electrons. The van der Waals surface area contributed by atoms with Crippen molar-refractivity contribution in [1.82, 2.24) is 5.32 Å². The van der Waals surface area contributed by atoms with Crippen LogP contribution in [-0.2, 0) is 6.54 Å². The fraction of sp³-hybridized carbons (Fsp3) is 0.200. The molecule has 1 aromatic heterocycles. The molecule has 6 heteroatoms. The van der Waals surface area contributed by atoms with E-state index < -0.39 is 0 Å². The molecule has 0 atom stereocenters. The molecular formula is C15H18N3O2S+. The number of methoxy groups -OCH3 is 2. The standard InChI is InChI=1S/C15H17N3O2S/c1-19-12-5-6-14(20-2)13(8-12)18-15(21)17-10-11-4-3-7-16-9-11/h3-9H,10H2,1-2H3,(H2,17,18,21)/p+1. The molecule has 1 heterocycles. The molecule has 2 rings (SSSR count). The maximum absolute atomic E-state index is 5.30. The number of thiocarbonyl (C=S) groups is 1. The molecule has 0 unspecified atom stereocenters. The summed E-state index contributed by atoms with van der Waals surface area (Å²) in [6.07, 6.45) is 3.78. The second kappa shape index (κ2) is 7.44. The third kappa shape index (κ3) is 4.32. The summed E-state index contributed by atoms with van der Waals surface area (Å²) in [5.74, 6) is 1.44. The summed E-state index contributed by atoms with van der Waals surface area (Å²) in [7, 11) is 3.23. The molecule has 2 aromatic rings. The summed E-state index contributed by atoms with van der Waals surface area (Å²) in [6, 6.07) is 9.45. The zero-order valence-electron chi connectivity index (χ0n) is 12.0. The van der Waals surface area contributed by atoms with Crippen molar-refractivity contribution in [3.63, 3.8) is 0 Å². The van der Waals surface area contributed by atoms with E-state index in [0.717, 1.165) is 17.0 Å². The highest BCUT2D eigenvalue weighted by molar-refractivity contribution is 7.80. The van der Waals surface area contributed by atoms with Gasteiger partial charge in [-0.15, -0.1) is 0 Å². The number of H-pyrrole nitrogens is 1. The highest BCUT2D eigenvalue weighted by Crippen LogP contribution is 2.28. The van der Waals surface area contributed by atoms with Crippen molar-refractivity contribution in [1.29, 1.82) is 0 Å². The molecule has 5 nitrogen and oxygen atoms in total. The number of nitrogens with one attached hydrogen (secondary N) is 3. The average Bonchev–Trinajstić information content (AvgIpc) is 2.54. The van der Waals surface area contributed by atoms with Crippen LogP contribution in [-0.4, -0.2) is 19.3 Å². The van der Waals surface area contributed by atoms with Gasteiger partial charge in [0.1, 0.15) is 11.5 Å². The molecule has 0 aliphatic rings. The van der Waals surface area contributed by atoms with E-state index in [-0.39, 0.29) is 0 Å². The molecule has 0 saturated carbocycles. The van der Waals surface area contributed by atoms with Gasteiger partial charge >= 0.3 is 0 Å². The van der Waals surface area contributed by atoms with Crippen LogP contribution in [0.25, 0.3) is 0 Å². The Labute approximate surface area is 129 Å². The zero-order chi connectivity index (χ0) is 15.1. The summed E-state index contributed by atoms with van der Waals surface area (Å²) in [4.78, 5) is 3.03. The van der Waals surface area contributed by atoms with Crippen molar-refractivity contribution in [3.05, 3.63) is 48.3 Å². The Balaban J connectivity index is 1.99. The molecule has 0 saturated heterocycles. The monoisotopic (exact) mass is 304 g/mol. The molecular weight excluding hydrogens is 286 g/mol. The van der Waals surface area contributed by atoms with Crippen LogP contribution in [0.4, 0.5) is 5.69 Å². The molecule has 0 aliphatic carbocycles. The zero-order valence-corrected chi connectivity index (χ0v) is 12.8. The van der Waals surface area contributed by atoms with Gasteiger partial charge in [0.05, 0.1) is 19.9 Å². The molecule has 0 fully saturated rings. The van der Waals surface area contributed by atoms with E-state index in [1.165, 1.54) is 0 Å². The lowest BCUT2D eigenvalue weighted by Gasteiger charge is -2.14. The third-order valence-corrected chi connectivity index (χ3v) is 3.13. The van der Waals surface area contributed by atoms with E-state index in [1.807, 2.05) is 42.7 Å². The number of aromatic nitrogens is 1.